The van der Waals surface area contributed by atoms with Gasteiger partial charge in [-0.05, 0) is 30.8 Å². The van der Waals surface area contributed by atoms with Crippen LogP contribution in [0, 0.1) is 0 Å². The molecule has 0 unspecified atom stereocenters. The molecular weight excluding hydrogens is 264 g/mol. The number of nitrogens with zero attached hydrogens (tertiary/aromatic N) is 1. The average molecular weight is 282 g/mol. The Labute approximate surface area is 116 Å². The van der Waals surface area contributed by atoms with Gasteiger partial charge < -0.3 is 10.4 Å². The lowest BCUT2D eigenvalue weighted by molar-refractivity contribution is -0.139. The molecule has 0 spiro atoms. The van der Waals surface area contributed by atoms with E-state index in [1.54, 1.807) is 6.07 Å². The normalized spacial score (nSPS) is 22.0. The number of hydrogen-bond acceptors (Lipinski definition) is 4. The van der Waals surface area contributed by atoms with E-state index in [2.05, 4.69) is 5.32 Å². The molecule has 6 heteroatoms. The maximum atomic E-state index is 11.8. The van der Waals surface area contributed by atoms with Crippen molar-refractivity contribution in [3.05, 3.63) is 22.4 Å². The standard InChI is InChI=1S/C13H18N2O3S/c1-2-15(8-12(16)17)10-6-9(7-10)14-13(18)11-4-3-5-19-11/h3-5,9-10H,2,6-8H2,1H3,(H,14,18)(H,16,17). The number of rotatable bonds is 6. The van der Waals surface area contributed by atoms with Gasteiger partial charge in [-0.1, -0.05) is 13.0 Å². The zero-order valence-electron chi connectivity index (χ0n) is 10.8. The lowest BCUT2D eigenvalue weighted by atomic mass is 9.85. The fourth-order valence-electron chi connectivity index (χ4n) is 2.34. The first-order valence-electron chi connectivity index (χ1n) is 6.40. The molecule has 1 aromatic rings. The Balaban J connectivity index is 1.76. The molecule has 19 heavy (non-hydrogen) atoms. The molecule has 1 amide bonds. The molecule has 0 aromatic carbocycles. The molecule has 0 bridgehead atoms. The van der Waals surface area contributed by atoms with Gasteiger partial charge in [-0.3, -0.25) is 14.5 Å². The summed E-state index contributed by atoms with van der Waals surface area (Å²) < 4.78 is 0. The van der Waals surface area contributed by atoms with E-state index < -0.39 is 5.97 Å². The molecule has 0 atom stereocenters. The summed E-state index contributed by atoms with van der Waals surface area (Å²) in [6, 6.07) is 4.10. The number of carboxylic acids is 1. The number of aliphatic carboxylic acids is 1. The minimum atomic E-state index is -0.798. The highest BCUT2D eigenvalue weighted by atomic mass is 32.1. The third-order valence-electron chi connectivity index (χ3n) is 3.45. The second kappa shape index (κ2) is 6.16. The van der Waals surface area contributed by atoms with Gasteiger partial charge in [-0.2, -0.15) is 0 Å². The topological polar surface area (TPSA) is 69.6 Å². The van der Waals surface area contributed by atoms with Gasteiger partial charge in [0, 0.05) is 12.1 Å². The Hall–Kier alpha value is -1.40. The van der Waals surface area contributed by atoms with E-state index >= 15 is 0 Å². The fraction of sp³-hybridized carbons (Fsp3) is 0.538. The summed E-state index contributed by atoms with van der Waals surface area (Å²) in [5.41, 5.74) is 0. The molecule has 0 aliphatic heterocycles. The van der Waals surface area contributed by atoms with E-state index in [-0.39, 0.29) is 24.5 Å². The SMILES string of the molecule is CCN(CC(=O)O)C1CC(NC(=O)c2cccs2)C1. The van der Waals surface area contributed by atoms with E-state index in [1.807, 2.05) is 23.3 Å². The molecule has 2 N–H and O–H groups in total. The predicted molar refractivity (Wildman–Crippen MR) is 73.5 cm³/mol. The van der Waals surface area contributed by atoms with Crippen LogP contribution in [0.1, 0.15) is 29.4 Å². The zero-order valence-corrected chi connectivity index (χ0v) is 11.7. The van der Waals surface area contributed by atoms with Crippen LogP contribution in [0.15, 0.2) is 17.5 Å². The quantitative estimate of drug-likeness (QED) is 0.828. The number of nitrogens with one attached hydrogen (secondary N) is 1. The van der Waals surface area contributed by atoms with Gasteiger partial charge in [0.2, 0.25) is 0 Å². The molecule has 1 fully saturated rings. The zero-order chi connectivity index (χ0) is 13.8. The number of carbonyl (C=O) groups excluding carboxylic acids is 1. The summed E-state index contributed by atoms with van der Waals surface area (Å²) in [7, 11) is 0. The summed E-state index contributed by atoms with van der Waals surface area (Å²) in [6.07, 6.45) is 1.66. The van der Waals surface area contributed by atoms with Crippen LogP contribution in [-0.2, 0) is 4.79 Å². The monoisotopic (exact) mass is 282 g/mol. The van der Waals surface area contributed by atoms with Crippen LogP contribution in [0.2, 0.25) is 0 Å². The Morgan fingerprint density at radius 1 is 1.53 bits per heavy atom. The van der Waals surface area contributed by atoms with Crippen molar-refractivity contribution in [1.29, 1.82) is 0 Å². The summed E-state index contributed by atoms with van der Waals surface area (Å²) in [5.74, 6) is -0.826. The molecule has 1 aromatic heterocycles. The molecular formula is C13H18N2O3S. The average Bonchev–Trinajstić information content (AvgIpc) is 2.83. The van der Waals surface area contributed by atoms with Gasteiger partial charge in [0.05, 0.1) is 11.4 Å². The van der Waals surface area contributed by atoms with Gasteiger partial charge in [0.25, 0.3) is 5.91 Å². The molecule has 0 saturated heterocycles. The smallest absolute Gasteiger partial charge is 0.317 e. The van der Waals surface area contributed by atoms with Gasteiger partial charge in [0.15, 0.2) is 0 Å². The van der Waals surface area contributed by atoms with Crippen LogP contribution in [0.25, 0.3) is 0 Å². The van der Waals surface area contributed by atoms with Gasteiger partial charge in [-0.25, -0.2) is 0 Å². The second-order valence-corrected chi connectivity index (χ2v) is 5.68. The van der Waals surface area contributed by atoms with E-state index in [0.29, 0.717) is 0 Å². The van der Waals surface area contributed by atoms with E-state index in [0.717, 1.165) is 24.3 Å². The van der Waals surface area contributed by atoms with Crippen molar-refractivity contribution in [3.8, 4) is 0 Å². The molecule has 1 saturated carbocycles. The molecule has 104 valence electrons. The number of carbonyl (C=O) groups is 2. The van der Waals surface area contributed by atoms with Gasteiger partial charge in [0.1, 0.15) is 0 Å². The van der Waals surface area contributed by atoms with Crippen LogP contribution in [-0.4, -0.2) is 47.1 Å². The van der Waals surface area contributed by atoms with Crippen molar-refractivity contribution in [2.24, 2.45) is 0 Å². The molecule has 2 rings (SSSR count). The predicted octanol–water partition coefficient (Wildman–Crippen LogP) is 1.42. The van der Waals surface area contributed by atoms with Crippen molar-refractivity contribution in [2.75, 3.05) is 13.1 Å². The summed E-state index contributed by atoms with van der Waals surface area (Å²) in [6.45, 7) is 2.76. The summed E-state index contributed by atoms with van der Waals surface area (Å²) >= 11 is 1.43. The third kappa shape index (κ3) is 3.54. The number of amides is 1. The second-order valence-electron chi connectivity index (χ2n) is 4.73. The largest absolute Gasteiger partial charge is 0.480 e. The highest BCUT2D eigenvalue weighted by Crippen LogP contribution is 2.26. The molecule has 0 radical (unpaired) electrons. The highest BCUT2D eigenvalue weighted by molar-refractivity contribution is 7.12. The maximum Gasteiger partial charge on any atom is 0.317 e. The van der Waals surface area contributed by atoms with Crippen molar-refractivity contribution < 1.29 is 14.7 Å². The van der Waals surface area contributed by atoms with Gasteiger partial charge in [-0.15, -0.1) is 11.3 Å². The maximum absolute atomic E-state index is 11.8. The van der Waals surface area contributed by atoms with E-state index in [1.165, 1.54) is 11.3 Å². The van der Waals surface area contributed by atoms with Crippen molar-refractivity contribution in [2.45, 2.75) is 31.8 Å². The minimum absolute atomic E-state index is 0.0280. The molecule has 1 aliphatic carbocycles. The first-order chi connectivity index (χ1) is 9.10. The lowest BCUT2D eigenvalue weighted by Gasteiger charge is -2.42. The molecule has 1 heterocycles. The van der Waals surface area contributed by atoms with E-state index in [9.17, 15) is 9.59 Å². The third-order valence-corrected chi connectivity index (χ3v) is 4.32. The number of thiophene rings is 1. The first kappa shape index (κ1) is 14.0. The van der Waals surface area contributed by atoms with Crippen molar-refractivity contribution >= 4 is 23.2 Å². The molecule has 5 nitrogen and oxygen atoms in total. The Kier molecular flexibility index (Phi) is 4.55. The number of likely N-dealkylation sites (N-methyl/N-ethyl adjacent to an activating group) is 1. The van der Waals surface area contributed by atoms with Crippen molar-refractivity contribution in [1.82, 2.24) is 10.2 Å². The van der Waals surface area contributed by atoms with Crippen LogP contribution < -0.4 is 5.32 Å². The van der Waals surface area contributed by atoms with Crippen LogP contribution in [0.3, 0.4) is 0 Å². The van der Waals surface area contributed by atoms with E-state index in [4.69, 9.17) is 5.11 Å². The Bertz CT molecular complexity index is 441. The summed E-state index contributed by atoms with van der Waals surface area (Å²) in [5, 5.41) is 13.7. The molecule has 1 aliphatic rings. The highest BCUT2D eigenvalue weighted by Gasteiger charge is 2.34. The first-order valence-corrected chi connectivity index (χ1v) is 7.28. The number of carboxylic acid groups (broad SMARTS) is 1. The Morgan fingerprint density at radius 3 is 2.79 bits per heavy atom. The number of hydrogen-bond donors (Lipinski definition) is 2. The lowest BCUT2D eigenvalue weighted by Crippen LogP contribution is -2.54. The van der Waals surface area contributed by atoms with Gasteiger partial charge >= 0.3 is 5.97 Å². The summed E-state index contributed by atoms with van der Waals surface area (Å²) in [4.78, 5) is 25.2. The van der Waals surface area contributed by atoms with Crippen LogP contribution in [0.4, 0.5) is 0 Å². The minimum Gasteiger partial charge on any atom is -0.480 e. The van der Waals surface area contributed by atoms with Crippen molar-refractivity contribution in [3.63, 3.8) is 0 Å². The Morgan fingerprint density at radius 2 is 2.26 bits per heavy atom. The van der Waals surface area contributed by atoms with Crippen LogP contribution in [0.5, 0.6) is 0 Å². The fourth-order valence-corrected chi connectivity index (χ4v) is 2.97. The van der Waals surface area contributed by atoms with Crippen LogP contribution >= 0.6 is 11.3 Å².